The molecular formula is C12H10N2O2. The van der Waals surface area contributed by atoms with Gasteiger partial charge in [-0.05, 0) is 19.1 Å². The quantitative estimate of drug-likeness (QED) is 0.764. The van der Waals surface area contributed by atoms with Gasteiger partial charge < -0.3 is 4.74 Å². The Labute approximate surface area is 93.7 Å². The molecule has 4 nitrogen and oxygen atoms in total. The number of ether oxygens (including phenoxy) is 1. The van der Waals surface area contributed by atoms with Gasteiger partial charge in [0.15, 0.2) is 12.0 Å². The summed E-state index contributed by atoms with van der Waals surface area (Å²) in [6.45, 7) is 1.52. The Bertz CT molecular complexity index is 428. The summed E-state index contributed by atoms with van der Waals surface area (Å²) >= 11 is 0. The molecule has 0 spiro atoms. The number of nitrogens with zero attached hydrogens (tertiary/aromatic N) is 2. The van der Waals surface area contributed by atoms with Crippen LogP contribution in [-0.4, -0.2) is 11.9 Å². The van der Waals surface area contributed by atoms with Gasteiger partial charge in [-0.1, -0.05) is 18.2 Å². The monoisotopic (exact) mass is 214 g/mol. The molecule has 0 aliphatic heterocycles. The van der Waals surface area contributed by atoms with E-state index in [1.807, 2.05) is 6.07 Å². The molecule has 0 N–H and O–H groups in total. The lowest BCUT2D eigenvalue weighted by Crippen LogP contribution is -2.29. The number of carbonyl (C=O) groups excluding carboxylic acids is 1. The van der Waals surface area contributed by atoms with E-state index >= 15 is 0 Å². The highest BCUT2D eigenvalue weighted by Crippen LogP contribution is 2.12. The fraction of sp³-hybridized carbons (Fsp3) is 0.250. The van der Waals surface area contributed by atoms with E-state index in [9.17, 15) is 4.79 Å². The standard InChI is InChI=1S/C12H10N2O2/c1-9(12(15)10(7-13)8-14)16-11-5-3-2-4-6-11/h2-6,9-10H,1H3. The Kier molecular flexibility index (Phi) is 4.06. The predicted octanol–water partition coefficient (Wildman–Crippen LogP) is 1.69. The summed E-state index contributed by atoms with van der Waals surface area (Å²) in [5.41, 5.74) is 0. The van der Waals surface area contributed by atoms with Gasteiger partial charge in [0.25, 0.3) is 0 Å². The Balaban J connectivity index is 2.67. The molecule has 0 heterocycles. The van der Waals surface area contributed by atoms with Crippen LogP contribution < -0.4 is 4.74 Å². The average Bonchev–Trinajstić information content (AvgIpc) is 2.31. The first-order valence-corrected chi connectivity index (χ1v) is 4.73. The van der Waals surface area contributed by atoms with E-state index in [2.05, 4.69) is 0 Å². The van der Waals surface area contributed by atoms with Crippen LogP contribution in [0.5, 0.6) is 5.75 Å². The molecule has 16 heavy (non-hydrogen) atoms. The predicted molar refractivity (Wildman–Crippen MR) is 56.3 cm³/mol. The summed E-state index contributed by atoms with van der Waals surface area (Å²) in [6, 6.07) is 12.0. The Morgan fingerprint density at radius 3 is 2.31 bits per heavy atom. The molecule has 0 bridgehead atoms. The summed E-state index contributed by atoms with van der Waals surface area (Å²) in [5, 5.41) is 17.1. The van der Waals surface area contributed by atoms with Crippen LogP contribution >= 0.6 is 0 Å². The SMILES string of the molecule is CC(Oc1ccccc1)C(=O)C(C#N)C#N. The Morgan fingerprint density at radius 2 is 1.81 bits per heavy atom. The first-order valence-electron chi connectivity index (χ1n) is 4.73. The van der Waals surface area contributed by atoms with Crippen LogP contribution in [0.3, 0.4) is 0 Å². The fourth-order valence-corrected chi connectivity index (χ4v) is 1.15. The van der Waals surface area contributed by atoms with E-state index in [4.69, 9.17) is 15.3 Å². The van der Waals surface area contributed by atoms with Crippen LogP contribution in [0, 0.1) is 28.6 Å². The minimum absolute atomic E-state index is 0.520. The number of rotatable bonds is 4. The zero-order chi connectivity index (χ0) is 12.0. The number of carbonyl (C=O) groups is 1. The first kappa shape index (κ1) is 11.7. The van der Waals surface area contributed by atoms with Crippen molar-refractivity contribution in [2.24, 2.45) is 5.92 Å². The summed E-state index contributed by atoms with van der Waals surface area (Å²) in [7, 11) is 0. The molecule has 0 amide bonds. The van der Waals surface area contributed by atoms with Crippen molar-refractivity contribution in [3.63, 3.8) is 0 Å². The lowest BCUT2D eigenvalue weighted by molar-refractivity contribution is -0.126. The minimum atomic E-state index is -1.27. The van der Waals surface area contributed by atoms with Crippen molar-refractivity contribution in [2.75, 3.05) is 0 Å². The molecule has 4 heteroatoms. The molecule has 0 radical (unpaired) electrons. The van der Waals surface area contributed by atoms with Crippen molar-refractivity contribution in [3.8, 4) is 17.9 Å². The van der Waals surface area contributed by atoms with Crippen LogP contribution in [0.1, 0.15) is 6.92 Å². The highest BCUT2D eigenvalue weighted by molar-refractivity contribution is 5.89. The second kappa shape index (κ2) is 5.53. The summed E-state index contributed by atoms with van der Waals surface area (Å²) in [4.78, 5) is 11.5. The molecule has 80 valence electrons. The van der Waals surface area contributed by atoms with Gasteiger partial charge in [-0.15, -0.1) is 0 Å². The smallest absolute Gasteiger partial charge is 0.204 e. The molecule has 0 aromatic heterocycles. The third kappa shape index (κ3) is 2.83. The average molecular weight is 214 g/mol. The second-order valence-corrected chi connectivity index (χ2v) is 3.17. The second-order valence-electron chi connectivity index (χ2n) is 3.17. The number of hydrogen-bond donors (Lipinski definition) is 0. The summed E-state index contributed by atoms with van der Waals surface area (Å²) in [5.74, 6) is -1.24. The number of nitriles is 2. The zero-order valence-corrected chi connectivity index (χ0v) is 8.75. The van der Waals surface area contributed by atoms with Crippen molar-refractivity contribution in [1.82, 2.24) is 0 Å². The summed E-state index contributed by atoms with van der Waals surface area (Å²) < 4.78 is 5.31. The molecule has 0 fully saturated rings. The van der Waals surface area contributed by atoms with Crippen molar-refractivity contribution >= 4 is 5.78 Å². The van der Waals surface area contributed by atoms with Crippen LogP contribution in [0.2, 0.25) is 0 Å². The minimum Gasteiger partial charge on any atom is -0.483 e. The van der Waals surface area contributed by atoms with E-state index in [-0.39, 0.29) is 0 Å². The van der Waals surface area contributed by atoms with Crippen molar-refractivity contribution in [1.29, 1.82) is 10.5 Å². The van der Waals surface area contributed by atoms with Crippen molar-refractivity contribution < 1.29 is 9.53 Å². The molecule has 0 saturated carbocycles. The maximum atomic E-state index is 11.5. The molecule has 1 aromatic carbocycles. The Hall–Kier alpha value is -2.33. The normalized spacial score (nSPS) is 11.2. The van der Waals surface area contributed by atoms with Gasteiger partial charge >= 0.3 is 0 Å². The molecule has 1 aromatic rings. The van der Waals surface area contributed by atoms with E-state index in [0.717, 1.165) is 0 Å². The number of ketones is 1. The van der Waals surface area contributed by atoms with Crippen LogP contribution in [0.25, 0.3) is 0 Å². The molecule has 0 aliphatic rings. The zero-order valence-electron chi connectivity index (χ0n) is 8.75. The highest BCUT2D eigenvalue weighted by atomic mass is 16.5. The fourth-order valence-electron chi connectivity index (χ4n) is 1.15. The third-order valence-corrected chi connectivity index (χ3v) is 2.00. The number of para-hydroxylation sites is 1. The number of hydrogen-bond acceptors (Lipinski definition) is 4. The van der Waals surface area contributed by atoms with Gasteiger partial charge in [-0.3, -0.25) is 4.79 Å². The van der Waals surface area contributed by atoms with Crippen LogP contribution in [-0.2, 0) is 4.79 Å². The molecule has 1 atom stereocenters. The first-order chi connectivity index (χ1) is 7.69. The van der Waals surface area contributed by atoms with Crippen LogP contribution in [0.15, 0.2) is 30.3 Å². The van der Waals surface area contributed by atoms with Gasteiger partial charge in [-0.25, -0.2) is 0 Å². The highest BCUT2D eigenvalue weighted by Gasteiger charge is 2.24. The maximum Gasteiger partial charge on any atom is 0.204 e. The van der Waals surface area contributed by atoms with Crippen molar-refractivity contribution in [2.45, 2.75) is 13.0 Å². The van der Waals surface area contributed by atoms with E-state index in [0.29, 0.717) is 5.75 Å². The topological polar surface area (TPSA) is 73.9 Å². The lowest BCUT2D eigenvalue weighted by atomic mass is 10.0. The van der Waals surface area contributed by atoms with E-state index < -0.39 is 17.8 Å². The Morgan fingerprint density at radius 1 is 1.25 bits per heavy atom. The van der Waals surface area contributed by atoms with Gasteiger partial charge in [0, 0.05) is 0 Å². The van der Waals surface area contributed by atoms with Crippen LogP contribution in [0.4, 0.5) is 0 Å². The maximum absolute atomic E-state index is 11.5. The molecule has 0 aliphatic carbocycles. The van der Waals surface area contributed by atoms with Gasteiger partial charge in [0.05, 0.1) is 12.1 Å². The van der Waals surface area contributed by atoms with Gasteiger partial charge in [-0.2, -0.15) is 10.5 Å². The number of benzene rings is 1. The van der Waals surface area contributed by atoms with Gasteiger partial charge in [0.2, 0.25) is 5.78 Å². The third-order valence-electron chi connectivity index (χ3n) is 2.00. The van der Waals surface area contributed by atoms with Gasteiger partial charge in [0.1, 0.15) is 5.75 Å². The van der Waals surface area contributed by atoms with E-state index in [1.165, 1.54) is 6.92 Å². The molecule has 1 rings (SSSR count). The van der Waals surface area contributed by atoms with E-state index in [1.54, 1.807) is 36.4 Å². The number of Topliss-reactive ketones (excluding diaryl/α,β-unsaturated/α-hetero) is 1. The molecule has 1 unspecified atom stereocenters. The largest absolute Gasteiger partial charge is 0.483 e. The van der Waals surface area contributed by atoms with Crippen molar-refractivity contribution in [3.05, 3.63) is 30.3 Å². The molecule has 0 saturated heterocycles. The summed E-state index contributed by atoms with van der Waals surface area (Å²) in [6.07, 6.45) is -0.799. The lowest BCUT2D eigenvalue weighted by Gasteiger charge is -2.13. The molecular weight excluding hydrogens is 204 g/mol.